The first-order valence-corrected chi connectivity index (χ1v) is 26.8. The average molecular weight is 1120 g/mol. The molecule has 0 saturated carbocycles. The summed E-state index contributed by atoms with van der Waals surface area (Å²) in [6.07, 6.45) is -2.70. The number of fused-ring (bicyclic) bond motifs is 2. The number of likely N-dealkylation sites (tertiary alicyclic amines) is 2. The zero-order valence-corrected chi connectivity index (χ0v) is 44.9. The second-order valence-electron chi connectivity index (χ2n) is 23.3. The molecule has 6 aliphatic rings. The first-order chi connectivity index (χ1) is 37.9. The van der Waals surface area contributed by atoms with E-state index in [0.717, 1.165) is 34.9 Å². The number of hydrogen-bond acceptors (Lipinski definition) is 10. The minimum Gasteiger partial charge on any atom is -0.379 e. The summed E-state index contributed by atoms with van der Waals surface area (Å²) in [5.41, 5.74) is -1.41. The number of carbonyl (C=O) groups excluding carboxylic acids is 2. The van der Waals surface area contributed by atoms with E-state index in [9.17, 15) is 44.7 Å². The van der Waals surface area contributed by atoms with Gasteiger partial charge in [-0.1, -0.05) is 24.3 Å². The van der Waals surface area contributed by atoms with Crippen LogP contribution in [0.4, 0.5) is 46.5 Å². The molecule has 0 unspecified atom stereocenters. The number of halogens is 8. The molecule has 0 bridgehead atoms. The molecule has 12 rings (SSSR count). The van der Waals surface area contributed by atoms with Gasteiger partial charge < -0.3 is 28.4 Å². The van der Waals surface area contributed by atoms with Crippen molar-refractivity contribution >= 4 is 23.2 Å². The number of anilines is 2. The molecule has 4 aromatic carbocycles. The summed E-state index contributed by atoms with van der Waals surface area (Å²) in [6, 6.07) is 20.1. The Bertz CT molecular complexity index is 3110. The van der Waals surface area contributed by atoms with Crippen LogP contribution in [-0.2, 0) is 85.8 Å². The fourth-order valence-corrected chi connectivity index (χ4v) is 12.4. The zero-order valence-electron chi connectivity index (χ0n) is 44.9. The van der Waals surface area contributed by atoms with Gasteiger partial charge in [0.15, 0.2) is 0 Å². The lowest BCUT2D eigenvalue weighted by atomic mass is 9.75. The maximum atomic E-state index is 14.6. The number of amides is 2. The summed E-state index contributed by atoms with van der Waals surface area (Å²) in [4.78, 5) is 33.7. The molecule has 6 aromatic rings. The van der Waals surface area contributed by atoms with Crippen LogP contribution in [0.1, 0.15) is 116 Å². The molecule has 22 heteroatoms. The topological polar surface area (TPSA) is 127 Å². The molecule has 4 fully saturated rings. The number of nitrogens with zero attached hydrogens (tertiary/aromatic N) is 10. The van der Waals surface area contributed by atoms with Gasteiger partial charge in [-0.05, 0) is 135 Å². The van der Waals surface area contributed by atoms with Gasteiger partial charge in [0.1, 0.15) is 35.6 Å². The zero-order chi connectivity index (χ0) is 56.6. The van der Waals surface area contributed by atoms with Gasteiger partial charge in [-0.25, -0.2) is 8.78 Å². The monoisotopic (exact) mass is 1110 g/mol. The summed E-state index contributed by atoms with van der Waals surface area (Å²) < 4.78 is 129. The van der Waals surface area contributed by atoms with Crippen molar-refractivity contribution in [2.24, 2.45) is 14.1 Å². The fourth-order valence-electron chi connectivity index (χ4n) is 12.4. The van der Waals surface area contributed by atoms with Crippen molar-refractivity contribution in [3.05, 3.63) is 153 Å². The Hall–Kier alpha value is -6.62. The number of aromatic nitrogens is 6. The van der Waals surface area contributed by atoms with Gasteiger partial charge in [-0.2, -0.15) is 26.3 Å². The van der Waals surface area contributed by atoms with Gasteiger partial charge in [-0.15, -0.1) is 20.4 Å². The molecule has 0 radical (unpaired) electrons. The Morgan fingerprint density at radius 1 is 0.575 bits per heavy atom. The van der Waals surface area contributed by atoms with E-state index >= 15 is 0 Å². The molecule has 0 spiro atoms. The standard InChI is InChI=1S/2C29H31F4N5O2/c2*1-27(30)7-4-8-37(15-27)13-19-9-22-23(24(10-19)29(31,32)33)14-38(26(22)39)21-6-3-5-20(11-21)28(16-40-17-28)12-25-35-34-18-36(25)2/h2*3,5-6,9-11,18H,4,7-8,12-17H2,1-2H3/t2*27-/m10/s1. The van der Waals surface area contributed by atoms with Gasteiger partial charge in [0, 0.05) is 86.4 Å². The van der Waals surface area contributed by atoms with Crippen LogP contribution in [0.15, 0.2) is 85.5 Å². The van der Waals surface area contributed by atoms with E-state index in [1.165, 1.54) is 23.6 Å². The van der Waals surface area contributed by atoms with Gasteiger partial charge >= 0.3 is 12.4 Å². The highest BCUT2D eigenvalue weighted by Crippen LogP contribution is 2.45. The predicted molar refractivity (Wildman–Crippen MR) is 279 cm³/mol. The smallest absolute Gasteiger partial charge is 0.379 e. The number of rotatable bonds is 12. The molecule has 424 valence electrons. The lowest BCUT2D eigenvalue weighted by molar-refractivity contribution is -0.139. The molecule has 14 nitrogen and oxygen atoms in total. The summed E-state index contributed by atoms with van der Waals surface area (Å²) in [5, 5.41) is 16.3. The Labute approximate surface area is 457 Å². The average Bonchev–Trinajstić information content (AvgIpc) is 4.34. The maximum absolute atomic E-state index is 14.6. The highest BCUT2D eigenvalue weighted by molar-refractivity contribution is 6.11. The van der Waals surface area contributed by atoms with Crippen molar-refractivity contribution in [3.63, 3.8) is 0 Å². The van der Waals surface area contributed by atoms with Crippen molar-refractivity contribution in [1.29, 1.82) is 0 Å². The third kappa shape index (κ3) is 11.0. The normalized spacial score (nSPS) is 22.9. The second kappa shape index (κ2) is 20.7. The van der Waals surface area contributed by atoms with Crippen LogP contribution in [0.5, 0.6) is 0 Å². The van der Waals surface area contributed by atoms with Crippen LogP contribution >= 0.6 is 0 Å². The number of piperidine rings is 2. The Balaban J connectivity index is 0.000000169. The maximum Gasteiger partial charge on any atom is 0.416 e. The van der Waals surface area contributed by atoms with Crippen LogP contribution in [0.2, 0.25) is 0 Å². The van der Waals surface area contributed by atoms with Crippen LogP contribution in [0, 0.1) is 0 Å². The first-order valence-electron chi connectivity index (χ1n) is 26.8. The number of aryl methyl sites for hydroxylation is 2. The Kier molecular flexibility index (Phi) is 14.3. The lowest BCUT2D eigenvalue weighted by Crippen LogP contribution is -2.49. The highest BCUT2D eigenvalue weighted by Gasteiger charge is 2.46. The number of hydrogen-bond donors (Lipinski definition) is 0. The molecule has 80 heavy (non-hydrogen) atoms. The minimum atomic E-state index is -4.63. The van der Waals surface area contributed by atoms with E-state index in [1.54, 1.807) is 36.9 Å². The quantitative estimate of drug-likeness (QED) is 0.109. The van der Waals surface area contributed by atoms with E-state index in [1.807, 2.05) is 69.4 Å². The van der Waals surface area contributed by atoms with Gasteiger partial charge in [0.05, 0.1) is 50.6 Å². The Morgan fingerprint density at radius 2 is 0.975 bits per heavy atom. The molecular formula is C58H62F8N10O4. The molecule has 2 aromatic heterocycles. The number of alkyl halides is 8. The van der Waals surface area contributed by atoms with E-state index in [2.05, 4.69) is 20.4 Å². The van der Waals surface area contributed by atoms with Gasteiger partial charge in [-0.3, -0.25) is 19.4 Å². The van der Waals surface area contributed by atoms with Gasteiger partial charge in [0.25, 0.3) is 11.8 Å². The van der Waals surface area contributed by atoms with E-state index in [0.29, 0.717) is 101 Å². The number of carbonyl (C=O) groups is 2. The summed E-state index contributed by atoms with van der Waals surface area (Å²) in [6.45, 7) is 6.37. The summed E-state index contributed by atoms with van der Waals surface area (Å²) >= 11 is 0. The summed E-state index contributed by atoms with van der Waals surface area (Å²) in [5.74, 6) is 0.645. The van der Waals surface area contributed by atoms with Crippen LogP contribution in [-0.4, -0.2) is 115 Å². The summed E-state index contributed by atoms with van der Waals surface area (Å²) in [7, 11) is 3.74. The predicted octanol–water partition coefficient (Wildman–Crippen LogP) is 9.66. The highest BCUT2D eigenvalue weighted by atomic mass is 19.4. The Morgan fingerprint density at radius 3 is 1.30 bits per heavy atom. The lowest BCUT2D eigenvalue weighted by Gasteiger charge is -2.42. The van der Waals surface area contributed by atoms with Crippen molar-refractivity contribution in [3.8, 4) is 0 Å². The first kappa shape index (κ1) is 55.3. The largest absolute Gasteiger partial charge is 0.416 e. The number of benzene rings is 4. The van der Waals surface area contributed by atoms with Crippen LogP contribution in [0.3, 0.4) is 0 Å². The molecule has 0 aliphatic carbocycles. The van der Waals surface area contributed by atoms with Crippen molar-refractivity contribution in [2.75, 3.05) is 62.4 Å². The molecule has 2 amide bonds. The third-order valence-electron chi connectivity index (χ3n) is 16.7. The van der Waals surface area contributed by atoms with Crippen LogP contribution in [0.25, 0.3) is 0 Å². The molecule has 2 atom stereocenters. The molecule has 4 saturated heterocycles. The van der Waals surface area contributed by atoms with Crippen molar-refractivity contribution < 1.29 is 54.2 Å². The third-order valence-corrected chi connectivity index (χ3v) is 16.7. The molecular weight excluding hydrogens is 1050 g/mol. The minimum absolute atomic E-state index is 0.0265. The van der Waals surface area contributed by atoms with E-state index in [4.69, 9.17) is 9.47 Å². The molecule has 6 aliphatic heterocycles. The van der Waals surface area contributed by atoms with Crippen LogP contribution < -0.4 is 9.80 Å². The SMILES string of the molecule is Cn1cnnc1CC1(c2cccc(N3Cc4c(cc(CN5CCC[C@@](C)(F)C5)cc4C(F)(F)F)C3=O)c2)COC1.Cn1cnnc1CC1(c2cccc(N3Cc4c(cc(CN5CCC[C@](C)(F)C5)cc4C(F)(F)F)C3=O)c2)COC1. The number of ether oxygens (including phenoxy) is 2. The van der Waals surface area contributed by atoms with Crippen molar-refractivity contribution in [1.82, 2.24) is 39.3 Å². The van der Waals surface area contributed by atoms with Crippen molar-refractivity contribution in [2.45, 2.75) is 113 Å². The molecule has 0 N–H and O–H groups in total. The molecule has 8 heterocycles. The second-order valence-corrected chi connectivity index (χ2v) is 23.3. The van der Waals surface area contributed by atoms with E-state index < -0.39 is 46.6 Å². The van der Waals surface area contributed by atoms with E-state index in [-0.39, 0.29) is 72.4 Å². The van der Waals surface area contributed by atoms with Gasteiger partial charge in [0.2, 0.25) is 0 Å². The fraction of sp³-hybridized carbons (Fsp3) is 0.483.